The fraction of sp³-hybridized carbons (Fsp3) is 0.214. The molecule has 0 bridgehead atoms. The summed E-state index contributed by atoms with van der Waals surface area (Å²) in [5, 5.41) is 0. The molecule has 0 unspecified atom stereocenters. The van der Waals surface area contributed by atoms with Gasteiger partial charge in [-0.15, -0.1) is 0 Å². The highest BCUT2D eigenvalue weighted by Gasteiger charge is 2.44. The van der Waals surface area contributed by atoms with E-state index >= 15 is 0 Å². The van der Waals surface area contributed by atoms with Crippen LogP contribution in [0, 0.1) is 6.92 Å². The Balaban J connectivity index is 1.48. The number of anilines is 2. The number of ether oxygens (including phenoxy) is 1. The van der Waals surface area contributed by atoms with E-state index in [1.54, 1.807) is 19.2 Å². The number of benzene rings is 3. The van der Waals surface area contributed by atoms with Crippen molar-refractivity contribution >= 4 is 35.0 Å². The lowest BCUT2D eigenvalue weighted by atomic mass is 10.2. The molecule has 3 aromatic rings. The molecule has 1 saturated heterocycles. The van der Waals surface area contributed by atoms with Gasteiger partial charge in [0.05, 0.1) is 12.8 Å². The molecule has 5 rings (SSSR count). The molecule has 2 aliphatic heterocycles. The molecule has 0 atom stereocenters. The summed E-state index contributed by atoms with van der Waals surface area (Å²) < 4.78 is 5.47. The maximum absolute atomic E-state index is 13.8. The van der Waals surface area contributed by atoms with E-state index in [0.717, 1.165) is 23.5 Å². The second kappa shape index (κ2) is 9.88. The number of amides is 2. The first kappa shape index (κ1) is 23.1. The van der Waals surface area contributed by atoms with Crippen LogP contribution in [0.5, 0.6) is 5.75 Å². The minimum Gasteiger partial charge on any atom is -0.495 e. The first-order chi connectivity index (χ1) is 17.1. The lowest BCUT2D eigenvalue weighted by molar-refractivity contribution is -0.121. The summed E-state index contributed by atoms with van der Waals surface area (Å²) in [6.07, 6.45) is 0. The molecule has 35 heavy (non-hydrogen) atoms. The highest BCUT2D eigenvalue weighted by Crippen LogP contribution is 2.41. The quantitative estimate of drug-likeness (QED) is 0.472. The van der Waals surface area contributed by atoms with Gasteiger partial charge in [-0.05, 0) is 43.3 Å². The van der Waals surface area contributed by atoms with Crippen molar-refractivity contribution in [1.29, 1.82) is 0 Å². The number of imide groups is 1. The Hall–Kier alpha value is -3.71. The Labute approximate surface area is 209 Å². The lowest BCUT2D eigenvalue weighted by Crippen LogP contribution is -2.47. The molecular formula is C28H27N3O3S. The second-order valence-electron chi connectivity index (χ2n) is 8.52. The van der Waals surface area contributed by atoms with Gasteiger partial charge in [-0.2, -0.15) is 0 Å². The van der Waals surface area contributed by atoms with Crippen LogP contribution < -0.4 is 14.5 Å². The predicted octanol–water partition coefficient (Wildman–Crippen LogP) is 4.70. The van der Waals surface area contributed by atoms with Crippen LogP contribution in [0.15, 0.2) is 94.4 Å². The van der Waals surface area contributed by atoms with E-state index in [9.17, 15) is 9.59 Å². The van der Waals surface area contributed by atoms with Crippen LogP contribution in [0.3, 0.4) is 0 Å². The van der Waals surface area contributed by atoms with Gasteiger partial charge in [0.15, 0.2) is 0 Å². The fourth-order valence-corrected chi connectivity index (χ4v) is 5.45. The van der Waals surface area contributed by atoms with Crippen molar-refractivity contribution in [2.24, 2.45) is 0 Å². The zero-order valence-corrected chi connectivity index (χ0v) is 20.6. The van der Waals surface area contributed by atoms with Gasteiger partial charge in [0.1, 0.15) is 16.4 Å². The standard InChI is InChI=1S/C28H27N3O3S/c1-20-12-14-22(15-13-20)35-26-25(30-18-16-29(17-19-30)21-8-4-3-5-9-21)27(32)31(28(26)33)23-10-6-7-11-24(23)34-2/h3-15H,16-19H2,1-2H3. The summed E-state index contributed by atoms with van der Waals surface area (Å²) in [6.45, 7) is 4.87. The van der Waals surface area contributed by atoms with Crippen LogP contribution in [0.2, 0.25) is 0 Å². The molecular weight excluding hydrogens is 458 g/mol. The molecule has 178 valence electrons. The molecule has 7 heteroatoms. The molecule has 6 nitrogen and oxygen atoms in total. The summed E-state index contributed by atoms with van der Waals surface area (Å²) >= 11 is 1.35. The van der Waals surface area contributed by atoms with Gasteiger partial charge < -0.3 is 14.5 Å². The second-order valence-corrected chi connectivity index (χ2v) is 9.60. The highest BCUT2D eigenvalue weighted by molar-refractivity contribution is 8.04. The van der Waals surface area contributed by atoms with E-state index in [1.807, 2.05) is 61.5 Å². The van der Waals surface area contributed by atoms with Crippen LogP contribution in [0.25, 0.3) is 0 Å². The summed E-state index contributed by atoms with van der Waals surface area (Å²) in [6, 6.07) is 25.4. The Bertz CT molecular complexity index is 1270. The Morgan fingerprint density at radius 3 is 2.06 bits per heavy atom. The van der Waals surface area contributed by atoms with E-state index in [-0.39, 0.29) is 11.8 Å². The van der Waals surface area contributed by atoms with Crippen LogP contribution in [0.1, 0.15) is 5.56 Å². The minimum absolute atomic E-state index is 0.303. The van der Waals surface area contributed by atoms with Crippen LogP contribution in [-0.2, 0) is 9.59 Å². The van der Waals surface area contributed by atoms with Crippen LogP contribution >= 0.6 is 11.8 Å². The largest absolute Gasteiger partial charge is 0.495 e. The lowest BCUT2D eigenvalue weighted by Gasteiger charge is -2.37. The molecule has 0 N–H and O–H groups in total. The average Bonchev–Trinajstić information content (AvgIpc) is 3.14. The third-order valence-corrected chi connectivity index (χ3v) is 7.38. The molecule has 0 spiro atoms. The highest BCUT2D eigenvalue weighted by atomic mass is 32.2. The number of hydrogen-bond acceptors (Lipinski definition) is 6. The number of methoxy groups -OCH3 is 1. The van der Waals surface area contributed by atoms with Gasteiger partial charge >= 0.3 is 0 Å². The van der Waals surface area contributed by atoms with Crippen molar-refractivity contribution in [3.63, 3.8) is 0 Å². The zero-order chi connectivity index (χ0) is 24.4. The van der Waals surface area contributed by atoms with Gasteiger partial charge in [0.25, 0.3) is 11.8 Å². The average molecular weight is 486 g/mol. The molecule has 2 amide bonds. The third-order valence-electron chi connectivity index (χ3n) is 6.30. The minimum atomic E-state index is -0.314. The molecule has 0 saturated carbocycles. The number of hydrogen-bond donors (Lipinski definition) is 0. The summed E-state index contributed by atoms with van der Waals surface area (Å²) in [7, 11) is 1.54. The van der Waals surface area contributed by atoms with Crippen molar-refractivity contribution in [3.8, 4) is 5.75 Å². The molecule has 0 aliphatic carbocycles. The molecule has 3 aromatic carbocycles. The van der Waals surface area contributed by atoms with Crippen molar-refractivity contribution < 1.29 is 14.3 Å². The van der Waals surface area contributed by atoms with E-state index in [1.165, 1.54) is 22.3 Å². The third kappa shape index (κ3) is 4.51. The number of carbonyl (C=O) groups is 2. The summed E-state index contributed by atoms with van der Waals surface area (Å²) in [5.74, 6) is -0.128. The Morgan fingerprint density at radius 2 is 1.37 bits per heavy atom. The fourth-order valence-electron chi connectivity index (χ4n) is 4.45. The molecule has 2 aliphatic rings. The summed E-state index contributed by atoms with van der Waals surface area (Å²) in [5.41, 5.74) is 3.24. The Kier molecular flexibility index (Phi) is 6.51. The number of aryl methyl sites for hydroxylation is 1. The topological polar surface area (TPSA) is 53.1 Å². The number of nitrogens with zero attached hydrogens (tertiary/aromatic N) is 3. The first-order valence-corrected chi connectivity index (χ1v) is 12.4. The molecule has 2 heterocycles. The van der Waals surface area contributed by atoms with Crippen molar-refractivity contribution in [3.05, 3.63) is 95.0 Å². The number of piperazine rings is 1. The van der Waals surface area contributed by atoms with Gasteiger partial charge in [-0.25, -0.2) is 4.90 Å². The van der Waals surface area contributed by atoms with Gasteiger partial charge in [-0.1, -0.05) is 59.8 Å². The maximum atomic E-state index is 13.8. The van der Waals surface area contributed by atoms with Gasteiger partial charge in [-0.3, -0.25) is 9.59 Å². The van der Waals surface area contributed by atoms with Crippen molar-refractivity contribution in [2.45, 2.75) is 11.8 Å². The van der Waals surface area contributed by atoms with E-state index in [0.29, 0.717) is 35.1 Å². The molecule has 0 aromatic heterocycles. The van der Waals surface area contributed by atoms with Crippen molar-refractivity contribution in [2.75, 3.05) is 43.1 Å². The molecule has 1 fully saturated rings. The zero-order valence-electron chi connectivity index (χ0n) is 19.8. The predicted molar refractivity (Wildman–Crippen MR) is 140 cm³/mol. The van der Waals surface area contributed by atoms with Gasteiger partial charge in [0, 0.05) is 36.8 Å². The number of para-hydroxylation sites is 3. The molecule has 0 radical (unpaired) electrons. The SMILES string of the molecule is COc1ccccc1N1C(=O)C(Sc2ccc(C)cc2)=C(N2CCN(c3ccccc3)CC2)C1=O. The first-order valence-electron chi connectivity index (χ1n) is 11.6. The Morgan fingerprint density at radius 1 is 0.743 bits per heavy atom. The van der Waals surface area contributed by atoms with Crippen molar-refractivity contribution in [1.82, 2.24) is 4.90 Å². The van der Waals surface area contributed by atoms with E-state index in [4.69, 9.17) is 4.74 Å². The number of rotatable bonds is 6. The van der Waals surface area contributed by atoms with Gasteiger partial charge in [0.2, 0.25) is 0 Å². The number of carbonyl (C=O) groups excluding carboxylic acids is 2. The van der Waals surface area contributed by atoms with Crippen LogP contribution in [-0.4, -0.2) is 50.0 Å². The monoisotopic (exact) mass is 485 g/mol. The summed E-state index contributed by atoms with van der Waals surface area (Å²) in [4.78, 5) is 34.6. The maximum Gasteiger partial charge on any atom is 0.283 e. The normalized spacial score (nSPS) is 16.3. The smallest absolute Gasteiger partial charge is 0.283 e. The van der Waals surface area contributed by atoms with Crippen LogP contribution in [0.4, 0.5) is 11.4 Å². The van der Waals surface area contributed by atoms with E-state index < -0.39 is 0 Å². The van der Waals surface area contributed by atoms with E-state index in [2.05, 4.69) is 21.9 Å². The number of thioether (sulfide) groups is 1.